The molecule has 0 spiro atoms. The summed E-state index contributed by atoms with van der Waals surface area (Å²) < 4.78 is 5.23. The lowest BCUT2D eigenvalue weighted by atomic mass is 10.1. The molecule has 2 amide bonds. The van der Waals surface area contributed by atoms with E-state index in [0.717, 1.165) is 42.9 Å². The summed E-state index contributed by atoms with van der Waals surface area (Å²) in [6.07, 6.45) is 4.02. The van der Waals surface area contributed by atoms with Crippen molar-refractivity contribution in [2.24, 2.45) is 0 Å². The molecule has 1 unspecified atom stereocenters. The molecule has 0 bridgehead atoms. The molecule has 30 heavy (non-hydrogen) atoms. The van der Waals surface area contributed by atoms with Gasteiger partial charge in [-0.3, -0.25) is 9.59 Å². The first kappa shape index (κ1) is 22.0. The number of amides is 2. The highest BCUT2D eigenvalue weighted by Crippen LogP contribution is 2.31. The molecular formula is C23H28ClN3O3. The van der Waals surface area contributed by atoms with Crippen molar-refractivity contribution in [3.63, 3.8) is 0 Å². The monoisotopic (exact) mass is 429 g/mol. The second kappa shape index (κ2) is 10.3. The molecule has 1 saturated heterocycles. The first-order valence-electron chi connectivity index (χ1n) is 10.3. The highest BCUT2D eigenvalue weighted by Gasteiger charge is 2.20. The van der Waals surface area contributed by atoms with E-state index in [2.05, 4.69) is 15.5 Å². The van der Waals surface area contributed by atoms with Gasteiger partial charge in [0.2, 0.25) is 0 Å². The van der Waals surface area contributed by atoms with E-state index in [1.54, 1.807) is 19.2 Å². The van der Waals surface area contributed by atoms with E-state index in [4.69, 9.17) is 16.3 Å². The number of nitrogens with one attached hydrogen (secondary N) is 2. The van der Waals surface area contributed by atoms with Crippen molar-refractivity contribution in [2.75, 3.05) is 30.4 Å². The SMILES string of the molecule is COc1cccc(CC(C)NC(=O)C(=O)Nc2cc(Cl)ccc2N2CCCCC2)c1. The number of carbonyl (C=O) groups excluding carboxylic acids is 2. The zero-order valence-electron chi connectivity index (χ0n) is 17.4. The number of anilines is 2. The molecule has 2 aromatic rings. The summed E-state index contributed by atoms with van der Waals surface area (Å²) in [5, 5.41) is 6.01. The van der Waals surface area contributed by atoms with Crippen molar-refractivity contribution in [1.82, 2.24) is 5.32 Å². The number of ether oxygens (including phenoxy) is 1. The summed E-state index contributed by atoms with van der Waals surface area (Å²) >= 11 is 6.14. The van der Waals surface area contributed by atoms with Crippen molar-refractivity contribution in [1.29, 1.82) is 0 Å². The molecule has 6 nitrogen and oxygen atoms in total. The van der Waals surface area contributed by atoms with Crippen LogP contribution >= 0.6 is 11.6 Å². The molecule has 1 aliphatic rings. The summed E-state index contributed by atoms with van der Waals surface area (Å²) in [5.74, 6) is -0.613. The number of nitrogens with zero attached hydrogens (tertiary/aromatic N) is 1. The van der Waals surface area contributed by atoms with E-state index >= 15 is 0 Å². The lowest BCUT2D eigenvalue weighted by molar-refractivity contribution is -0.136. The molecule has 3 rings (SSSR count). The molecule has 2 N–H and O–H groups in total. The van der Waals surface area contributed by atoms with Crippen LogP contribution in [-0.4, -0.2) is 38.1 Å². The van der Waals surface area contributed by atoms with Gasteiger partial charge in [-0.1, -0.05) is 23.7 Å². The molecule has 7 heteroatoms. The standard InChI is InChI=1S/C23H28ClN3O3/c1-16(13-17-7-6-8-19(14-17)30-2)25-22(28)23(29)26-20-15-18(24)9-10-21(20)27-11-4-3-5-12-27/h6-10,14-16H,3-5,11-13H2,1-2H3,(H,25,28)(H,26,29). The number of methoxy groups -OCH3 is 1. The second-order valence-electron chi connectivity index (χ2n) is 7.59. The average molecular weight is 430 g/mol. The minimum atomic E-state index is -0.701. The van der Waals surface area contributed by atoms with Gasteiger partial charge in [0.15, 0.2) is 0 Å². The Morgan fingerprint density at radius 2 is 1.87 bits per heavy atom. The van der Waals surface area contributed by atoms with E-state index in [1.165, 1.54) is 6.42 Å². The van der Waals surface area contributed by atoms with Gasteiger partial charge in [0, 0.05) is 24.2 Å². The number of halogens is 1. The molecule has 1 aliphatic heterocycles. The van der Waals surface area contributed by atoms with Gasteiger partial charge < -0.3 is 20.3 Å². The number of hydrogen-bond donors (Lipinski definition) is 2. The van der Waals surface area contributed by atoms with Crippen LogP contribution in [0.15, 0.2) is 42.5 Å². The van der Waals surface area contributed by atoms with E-state index < -0.39 is 11.8 Å². The zero-order chi connectivity index (χ0) is 21.5. The van der Waals surface area contributed by atoms with Crippen LogP contribution in [0, 0.1) is 0 Å². The minimum Gasteiger partial charge on any atom is -0.497 e. The van der Waals surface area contributed by atoms with Crippen LogP contribution in [0.5, 0.6) is 5.75 Å². The van der Waals surface area contributed by atoms with Crippen LogP contribution in [0.25, 0.3) is 0 Å². The van der Waals surface area contributed by atoms with Crippen molar-refractivity contribution in [3.05, 3.63) is 53.1 Å². The van der Waals surface area contributed by atoms with E-state index in [0.29, 0.717) is 17.1 Å². The Bertz CT molecular complexity index is 897. The smallest absolute Gasteiger partial charge is 0.313 e. The molecule has 1 heterocycles. The van der Waals surface area contributed by atoms with Gasteiger partial charge >= 0.3 is 11.8 Å². The Morgan fingerprint density at radius 1 is 1.10 bits per heavy atom. The number of benzene rings is 2. The van der Waals surface area contributed by atoms with Crippen LogP contribution in [-0.2, 0) is 16.0 Å². The lowest BCUT2D eigenvalue weighted by Crippen LogP contribution is -2.41. The van der Waals surface area contributed by atoms with Gasteiger partial charge in [-0.05, 0) is 68.5 Å². The predicted molar refractivity (Wildman–Crippen MR) is 120 cm³/mol. The van der Waals surface area contributed by atoms with Crippen molar-refractivity contribution in [2.45, 2.75) is 38.6 Å². The highest BCUT2D eigenvalue weighted by atomic mass is 35.5. The van der Waals surface area contributed by atoms with Gasteiger partial charge in [-0.15, -0.1) is 0 Å². The molecule has 1 atom stereocenters. The summed E-state index contributed by atoms with van der Waals surface area (Å²) in [7, 11) is 1.61. The molecule has 160 valence electrons. The zero-order valence-corrected chi connectivity index (χ0v) is 18.2. The summed E-state index contributed by atoms with van der Waals surface area (Å²) in [6.45, 7) is 3.71. The van der Waals surface area contributed by atoms with Crippen molar-refractivity contribution in [3.8, 4) is 5.75 Å². The fraction of sp³-hybridized carbons (Fsp3) is 0.391. The Kier molecular flexibility index (Phi) is 7.57. The maximum Gasteiger partial charge on any atom is 0.313 e. The van der Waals surface area contributed by atoms with Crippen LogP contribution in [0.2, 0.25) is 5.02 Å². The maximum atomic E-state index is 12.5. The van der Waals surface area contributed by atoms with E-state index in [1.807, 2.05) is 37.3 Å². The second-order valence-corrected chi connectivity index (χ2v) is 8.03. The predicted octanol–water partition coefficient (Wildman–Crippen LogP) is 4.02. The van der Waals surface area contributed by atoms with Crippen LogP contribution in [0.4, 0.5) is 11.4 Å². The van der Waals surface area contributed by atoms with Gasteiger partial charge in [-0.25, -0.2) is 0 Å². The minimum absolute atomic E-state index is 0.212. The first-order chi connectivity index (χ1) is 14.5. The maximum absolute atomic E-state index is 12.5. The molecule has 0 radical (unpaired) electrons. The fourth-order valence-corrected chi connectivity index (χ4v) is 3.86. The largest absolute Gasteiger partial charge is 0.497 e. The summed E-state index contributed by atoms with van der Waals surface area (Å²) in [4.78, 5) is 27.2. The van der Waals surface area contributed by atoms with Gasteiger partial charge in [0.1, 0.15) is 5.75 Å². The molecular weight excluding hydrogens is 402 g/mol. The molecule has 2 aromatic carbocycles. The molecule has 1 fully saturated rings. The normalized spacial score (nSPS) is 14.7. The van der Waals surface area contributed by atoms with Crippen LogP contribution in [0.3, 0.4) is 0 Å². The van der Waals surface area contributed by atoms with Crippen LogP contribution in [0.1, 0.15) is 31.7 Å². The Balaban J connectivity index is 1.62. The van der Waals surface area contributed by atoms with Crippen molar-refractivity contribution >= 4 is 34.8 Å². The quantitative estimate of drug-likeness (QED) is 0.680. The lowest BCUT2D eigenvalue weighted by Gasteiger charge is -2.30. The molecule has 0 aliphatic carbocycles. The Labute approximate surface area is 182 Å². The van der Waals surface area contributed by atoms with Crippen molar-refractivity contribution < 1.29 is 14.3 Å². The molecule has 0 saturated carbocycles. The Morgan fingerprint density at radius 3 is 2.60 bits per heavy atom. The highest BCUT2D eigenvalue weighted by molar-refractivity contribution is 6.40. The number of rotatable bonds is 6. The van der Waals surface area contributed by atoms with Crippen LogP contribution < -0.4 is 20.3 Å². The number of hydrogen-bond acceptors (Lipinski definition) is 4. The first-order valence-corrected chi connectivity index (χ1v) is 10.6. The van der Waals surface area contributed by atoms with Gasteiger partial charge in [0.25, 0.3) is 0 Å². The average Bonchev–Trinajstić information content (AvgIpc) is 2.74. The van der Waals surface area contributed by atoms with E-state index in [-0.39, 0.29) is 6.04 Å². The third-order valence-corrected chi connectivity index (χ3v) is 5.40. The third-order valence-electron chi connectivity index (χ3n) is 5.16. The Hall–Kier alpha value is -2.73. The number of piperidine rings is 1. The summed E-state index contributed by atoms with van der Waals surface area (Å²) in [5.41, 5.74) is 2.47. The third kappa shape index (κ3) is 5.89. The number of carbonyl (C=O) groups is 2. The fourth-order valence-electron chi connectivity index (χ4n) is 3.69. The van der Waals surface area contributed by atoms with Gasteiger partial charge in [0.05, 0.1) is 18.5 Å². The summed E-state index contributed by atoms with van der Waals surface area (Å²) in [6, 6.07) is 12.8. The molecule has 0 aromatic heterocycles. The van der Waals surface area contributed by atoms with E-state index in [9.17, 15) is 9.59 Å². The topological polar surface area (TPSA) is 70.7 Å². The van der Waals surface area contributed by atoms with Gasteiger partial charge in [-0.2, -0.15) is 0 Å².